The molecule has 0 bridgehead atoms. The first kappa shape index (κ1) is 14.5. The molecule has 1 rings (SSSR count). The first-order chi connectivity index (χ1) is 7.97. The Kier molecular flexibility index (Phi) is 5.44. The van der Waals surface area contributed by atoms with Gasteiger partial charge in [0.15, 0.2) is 0 Å². The van der Waals surface area contributed by atoms with Crippen molar-refractivity contribution in [1.82, 2.24) is 0 Å². The van der Waals surface area contributed by atoms with Crippen LogP contribution in [-0.2, 0) is 14.3 Å². The molecule has 0 N–H and O–H groups in total. The summed E-state index contributed by atoms with van der Waals surface area (Å²) in [5.41, 5.74) is 0. The SMILES string of the molecule is CC[N+]1(CC#CCOS(C)(=O)=O)CCCCC1. The molecule has 98 valence electrons. The summed E-state index contributed by atoms with van der Waals surface area (Å²) in [7, 11) is -3.36. The fourth-order valence-corrected chi connectivity index (χ4v) is 2.45. The van der Waals surface area contributed by atoms with Gasteiger partial charge in [0.1, 0.15) is 13.2 Å². The van der Waals surface area contributed by atoms with Gasteiger partial charge in [-0.1, -0.05) is 5.92 Å². The van der Waals surface area contributed by atoms with Crippen LogP contribution in [-0.4, -0.2) is 51.9 Å². The predicted octanol–water partition coefficient (Wildman–Crippen LogP) is 0.987. The highest BCUT2D eigenvalue weighted by molar-refractivity contribution is 7.85. The lowest BCUT2D eigenvalue weighted by Crippen LogP contribution is -2.51. The second-order valence-electron chi connectivity index (χ2n) is 4.64. The third kappa shape index (κ3) is 5.53. The van der Waals surface area contributed by atoms with Crippen LogP contribution in [0, 0.1) is 11.8 Å². The van der Waals surface area contributed by atoms with E-state index in [9.17, 15) is 8.42 Å². The van der Waals surface area contributed by atoms with E-state index in [2.05, 4.69) is 22.9 Å². The fraction of sp³-hybridized carbons (Fsp3) is 0.833. The van der Waals surface area contributed by atoms with E-state index in [1.165, 1.54) is 32.4 Å². The minimum Gasteiger partial charge on any atom is -0.314 e. The van der Waals surface area contributed by atoms with Crippen LogP contribution in [0.3, 0.4) is 0 Å². The quantitative estimate of drug-likeness (QED) is 0.430. The lowest BCUT2D eigenvalue weighted by atomic mass is 10.1. The van der Waals surface area contributed by atoms with Crippen LogP contribution in [0.25, 0.3) is 0 Å². The molecule has 1 fully saturated rings. The second kappa shape index (κ2) is 6.39. The van der Waals surface area contributed by atoms with Crippen molar-refractivity contribution in [3.63, 3.8) is 0 Å². The lowest BCUT2D eigenvalue weighted by Gasteiger charge is -2.39. The zero-order valence-electron chi connectivity index (χ0n) is 10.7. The Hall–Kier alpha value is -0.570. The molecule has 0 aromatic heterocycles. The van der Waals surface area contributed by atoms with Crippen molar-refractivity contribution in [1.29, 1.82) is 0 Å². The number of nitrogens with zero attached hydrogens (tertiary/aromatic N) is 1. The summed E-state index contributed by atoms with van der Waals surface area (Å²) in [6, 6.07) is 0. The van der Waals surface area contributed by atoms with E-state index >= 15 is 0 Å². The van der Waals surface area contributed by atoms with Gasteiger partial charge in [-0.2, -0.15) is 8.42 Å². The number of rotatable bonds is 4. The second-order valence-corrected chi connectivity index (χ2v) is 6.29. The molecule has 0 unspecified atom stereocenters. The maximum atomic E-state index is 10.7. The van der Waals surface area contributed by atoms with Crippen molar-refractivity contribution in [2.24, 2.45) is 0 Å². The topological polar surface area (TPSA) is 43.4 Å². The van der Waals surface area contributed by atoms with E-state index < -0.39 is 10.1 Å². The van der Waals surface area contributed by atoms with E-state index in [0.29, 0.717) is 0 Å². The van der Waals surface area contributed by atoms with E-state index in [1.807, 2.05) is 0 Å². The first-order valence-corrected chi connectivity index (χ1v) is 7.94. The Morgan fingerprint density at radius 2 is 1.82 bits per heavy atom. The molecule has 0 aliphatic carbocycles. The first-order valence-electron chi connectivity index (χ1n) is 6.13. The van der Waals surface area contributed by atoms with Gasteiger partial charge in [-0.3, -0.25) is 4.18 Å². The van der Waals surface area contributed by atoms with E-state index in [-0.39, 0.29) is 6.61 Å². The third-order valence-corrected chi connectivity index (χ3v) is 3.87. The Morgan fingerprint density at radius 1 is 1.18 bits per heavy atom. The van der Waals surface area contributed by atoms with Gasteiger partial charge in [-0.15, -0.1) is 0 Å². The summed E-state index contributed by atoms with van der Waals surface area (Å²) in [5, 5.41) is 0. The molecule has 0 radical (unpaired) electrons. The molecule has 1 aliphatic rings. The van der Waals surface area contributed by atoms with Crippen molar-refractivity contribution < 1.29 is 17.1 Å². The number of hydrogen-bond donors (Lipinski definition) is 0. The Balaban J connectivity index is 2.40. The van der Waals surface area contributed by atoms with Crippen LogP contribution in [0.2, 0.25) is 0 Å². The predicted molar refractivity (Wildman–Crippen MR) is 67.8 cm³/mol. The molecule has 0 atom stereocenters. The van der Waals surface area contributed by atoms with Crippen molar-refractivity contribution >= 4 is 10.1 Å². The number of hydrogen-bond acceptors (Lipinski definition) is 3. The maximum Gasteiger partial charge on any atom is 0.265 e. The minimum absolute atomic E-state index is 0.0253. The monoisotopic (exact) mass is 260 g/mol. The van der Waals surface area contributed by atoms with Crippen molar-refractivity contribution in [3.05, 3.63) is 0 Å². The molecule has 17 heavy (non-hydrogen) atoms. The van der Waals surface area contributed by atoms with E-state index in [4.69, 9.17) is 0 Å². The maximum absolute atomic E-state index is 10.7. The molecule has 1 heterocycles. The zero-order valence-corrected chi connectivity index (χ0v) is 11.6. The normalized spacial score (nSPS) is 19.4. The van der Waals surface area contributed by atoms with Crippen LogP contribution >= 0.6 is 0 Å². The molecule has 4 nitrogen and oxygen atoms in total. The van der Waals surface area contributed by atoms with Crippen molar-refractivity contribution in [2.45, 2.75) is 26.2 Å². The molecular formula is C12H22NO3S+. The largest absolute Gasteiger partial charge is 0.314 e. The minimum atomic E-state index is -3.36. The summed E-state index contributed by atoms with van der Waals surface area (Å²) in [4.78, 5) is 0. The number of quaternary nitrogens is 1. The smallest absolute Gasteiger partial charge is 0.265 e. The third-order valence-electron chi connectivity index (χ3n) is 3.32. The highest BCUT2D eigenvalue weighted by Gasteiger charge is 2.26. The van der Waals surface area contributed by atoms with Crippen LogP contribution < -0.4 is 0 Å². The highest BCUT2D eigenvalue weighted by Crippen LogP contribution is 2.17. The molecule has 0 saturated carbocycles. The summed E-state index contributed by atoms with van der Waals surface area (Å²) < 4.78 is 27.1. The van der Waals surface area contributed by atoms with Crippen LogP contribution in [0.1, 0.15) is 26.2 Å². The van der Waals surface area contributed by atoms with Crippen molar-refractivity contribution in [2.75, 3.05) is 39.0 Å². The summed E-state index contributed by atoms with van der Waals surface area (Å²) >= 11 is 0. The van der Waals surface area contributed by atoms with Crippen LogP contribution in [0.4, 0.5) is 0 Å². The fourth-order valence-electron chi connectivity index (χ4n) is 2.18. The summed E-state index contributed by atoms with van der Waals surface area (Å²) in [6.07, 6.45) is 4.91. The molecule has 1 aliphatic heterocycles. The van der Waals surface area contributed by atoms with Crippen LogP contribution in [0.15, 0.2) is 0 Å². The van der Waals surface area contributed by atoms with Gasteiger partial charge < -0.3 is 4.48 Å². The Morgan fingerprint density at radius 3 is 2.35 bits per heavy atom. The number of piperidine rings is 1. The summed E-state index contributed by atoms with van der Waals surface area (Å²) in [5.74, 6) is 5.83. The van der Waals surface area contributed by atoms with Gasteiger partial charge in [-0.05, 0) is 32.1 Å². The summed E-state index contributed by atoms with van der Waals surface area (Å²) in [6.45, 7) is 6.46. The van der Waals surface area contributed by atoms with Gasteiger partial charge in [0, 0.05) is 0 Å². The van der Waals surface area contributed by atoms with Gasteiger partial charge in [0.05, 0.1) is 25.9 Å². The molecule has 0 aromatic carbocycles. The van der Waals surface area contributed by atoms with Gasteiger partial charge in [0.2, 0.25) is 0 Å². The van der Waals surface area contributed by atoms with Gasteiger partial charge in [-0.25, -0.2) is 0 Å². The van der Waals surface area contributed by atoms with E-state index in [1.54, 1.807) is 0 Å². The Labute approximate surface area is 105 Å². The molecule has 1 saturated heterocycles. The van der Waals surface area contributed by atoms with Gasteiger partial charge in [0.25, 0.3) is 10.1 Å². The van der Waals surface area contributed by atoms with E-state index in [0.717, 1.165) is 23.8 Å². The van der Waals surface area contributed by atoms with Gasteiger partial charge >= 0.3 is 0 Å². The molecule has 0 amide bonds. The zero-order chi connectivity index (χ0) is 12.8. The average molecular weight is 260 g/mol. The lowest BCUT2D eigenvalue weighted by molar-refractivity contribution is -0.924. The highest BCUT2D eigenvalue weighted by atomic mass is 32.2. The number of likely N-dealkylation sites (tertiary alicyclic amines) is 1. The Bertz CT molecular complexity index is 386. The molecular weight excluding hydrogens is 238 g/mol. The molecule has 0 aromatic rings. The van der Waals surface area contributed by atoms with Crippen molar-refractivity contribution in [3.8, 4) is 11.8 Å². The molecule has 5 heteroatoms. The average Bonchev–Trinajstić information content (AvgIpc) is 2.28. The van der Waals surface area contributed by atoms with Crippen LogP contribution in [0.5, 0.6) is 0 Å². The molecule has 0 spiro atoms. The standard InChI is InChI=1S/C12H22NO3S/c1-3-13(9-5-4-6-10-13)11-7-8-12-16-17(2,14)15/h3-6,9-12H2,1-2H3/q+1.